The van der Waals surface area contributed by atoms with E-state index in [0.29, 0.717) is 18.6 Å². The minimum atomic E-state index is -4.46. The summed E-state index contributed by atoms with van der Waals surface area (Å²) in [6.07, 6.45) is -1.48. The van der Waals surface area contributed by atoms with Crippen LogP contribution in [0, 0.1) is 0 Å². The van der Waals surface area contributed by atoms with E-state index in [1.54, 1.807) is 6.07 Å². The molecule has 0 saturated heterocycles. The Bertz CT molecular complexity index is 438. The summed E-state index contributed by atoms with van der Waals surface area (Å²) in [5.74, 6) is -0.354. The third-order valence-corrected chi connectivity index (χ3v) is 3.26. The Morgan fingerprint density at radius 3 is 2.58 bits per heavy atom. The molecule has 1 aliphatic carbocycles. The highest BCUT2D eigenvalue weighted by molar-refractivity contribution is 5.87. The lowest BCUT2D eigenvalue weighted by Crippen LogP contribution is -2.60. The first-order chi connectivity index (χ1) is 8.80. The number of alkyl halides is 3. The first-order valence-corrected chi connectivity index (χ1v) is 5.98. The van der Waals surface area contributed by atoms with E-state index in [4.69, 9.17) is 10.2 Å². The summed E-state index contributed by atoms with van der Waals surface area (Å²) in [5.41, 5.74) is 4.66. The first kappa shape index (κ1) is 13.9. The van der Waals surface area contributed by atoms with Crippen LogP contribution < -0.4 is 5.73 Å². The van der Waals surface area contributed by atoms with Crippen LogP contribution in [0.15, 0.2) is 22.8 Å². The molecule has 1 aromatic rings. The molecule has 106 valence electrons. The molecule has 0 aliphatic heterocycles. The van der Waals surface area contributed by atoms with Gasteiger partial charge in [0.25, 0.3) is 0 Å². The van der Waals surface area contributed by atoms with E-state index in [1.807, 2.05) is 0 Å². The van der Waals surface area contributed by atoms with Crippen LogP contribution in [-0.2, 0) is 11.3 Å². The number of carbonyl (C=O) groups is 1. The Kier molecular flexibility index (Phi) is 3.58. The van der Waals surface area contributed by atoms with Crippen LogP contribution in [0.3, 0.4) is 0 Å². The van der Waals surface area contributed by atoms with Crippen LogP contribution in [0.1, 0.15) is 25.0 Å². The molecule has 0 spiro atoms. The Morgan fingerprint density at radius 2 is 2.16 bits per heavy atom. The molecule has 0 aromatic carbocycles. The van der Waals surface area contributed by atoms with Crippen LogP contribution in [-0.4, -0.2) is 29.1 Å². The molecule has 2 N–H and O–H groups in total. The Hall–Kier alpha value is -1.50. The molecule has 1 amide bonds. The van der Waals surface area contributed by atoms with Gasteiger partial charge in [0.05, 0.1) is 18.3 Å². The number of nitrogens with two attached hydrogens (primary N) is 1. The molecule has 19 heavy (non-hydrogen) atoms. The third kappa shape index (κ3) is 3.28. The molecule has 0 bridgehead atoms. The highest BCUT2D eigenvalue weighted by atomic mass is 19.4. The van der Waals surface area contributed by atoms with E-state index in [-0.39, 0.29) is 6.54 Å². The van der Waals surface area contributed by atoms with Gasteiger partial charge in [-0.15, -0.1) is 0 Å². The number of hydrogen-bond donors (Lipinski definition) is 1. The molecule has 1 heterocycles. The summed E-state index contributed by atoms with van der Waals surface area (Å²) in [5, 5.41) is 0. The van der Waals surface area contributed by atoms with Crippen LogP contribution >= 0.6 is 0 Å². The zero-order valence-corrected chi connectivity index (χ0v) is 10.2. The fourth-order valence-electron chi connectivity index (χ4n) is 2.09. The van der Waals surface area contributed by atoms with Gasteiger partial charge in [-0.2, -0.15) is 13.2 Å². The summed E-state index contributed by atoms with van der Waals surface area (Å²) in [7, 11) is 0. The summed E-state index contributed by atoms with van der Waals surface area (Å²) in [6, 6.07) is 3.09. The van der Waals surface area contributed by atoms with Gasteiger partial charge < -0.3 is 15.1 Å². The molecule has 0 radical (unpaired) electrons. The van der Waals surface area contributed by atoms with Crippen molar-refractivity contribution in [3.8, 4) is 0 Å². The number of hydrogen-bond acceptors (Lipinski definition) is 3. The molecule has 2 rings (SSSR count). The molecule has 1 fully saturated rings. The predicted molar refractivity (Wildman–Crippen MR) is 60.9 cm³/mol. The van der Waals surface area contributed by atoms with E-state index in [0.717, 1.165) is 11.3 Å². The van der Waals surface area contributed by atoms with Gasteiger partial charge in [-0.05, 0) is 31.4 Å². The zero-order chi connectivity index (χ0) is 14.1. The van der Waals surface area contributed by atoms with E-state index in [1.165, 1.54) is 12.3 Å². The second-order valence-electron chi connectivity index (χ2n) is 4.87. The van der Waals surface area contributed by atoms with Crippen molar-refractivity contribution >= 4 is 5.91 Å². The quantitative estimate of drug-likeness (QED) is 0.915. The lowest BCUT2D eigenvalue weighted by atomic mass is 9.76. The lowest BCUT2D eigenvalue weighted by molar-refractivity contribution is -0.168. The van der Waals surface area contributed by atoms with Gasteiger partial charge in [0.15, 0.2) is 0 Å². The van der Waals surface area contributed by atoms with Crippen molar-refractivity contribution in [2.75, 3.05) is 6.54 Å². The maximum atomic E-state index is 12.5. The first-order valence-electron chi connectivity index (χ1n) is 5.98. The summed E-state index contributed by atoms with van der Waals surface area (Å²) in [4.78, 5) is 12.8. The largest absolute Gasteiger partial charge is 0.467 e. The van der Waals surface area contributed by atoms with Crippen LogP contribution in [0.4, 0.5) is 13.2 Å². The number of nitrogens with zero attached hydrogens (tertiary/aromatic N) is 1. The van der Waals surface area contributed by atoms with Crippen LogP contribution in [0.5, 0.6) is 0 Å². The Morgan fingerprint density at radius 1 is 1.47 bits per heavy atom. The third-order valence-electron chi connectivity index (χ3n) is 3.26. The Labute approximate surface area is 108 Å². The number of furan rings is 1. The standard InChI is InChI=1S/C12H15F3N2O2/c13-12(14,15)8-17(7-9-3-1-6-19-9)10(18)11(16)4-2-5-11/h1,3,6H,2,4-5,7-8,16H2. The summed E-state index contributed by atoms with van der Waals surface area (Å²) in [6.45, 7) is -1.53. The van der Waals surface area contributed by atoms with Crippen molar-refractivity contribution in [2.24, 2.45) is 5.73 Å². The second-order valence-corrected chi connectivity index (χ2v) is 4.87. The fraction of sp³-hybridized carbons (Fsp3) is 0.583. The van der Waals surface area contributed by atoms with Gasteiger partial charge in [0.1, 0.15) is 12.3 Å². The average molecular weight is 276 g/mol. The zero-order valence-electron chi connectivity index (χ0n) is 10.2. The summed E-state index contributed by atoms with van der Waals surface area (Å²) >= 11 is 0. The maximum Gasteiger partial charge on any atom is 0.406 e. The average Bonchev–Trinajstić information content (AvgIpc) is 2.75. The molecule has 1 saturated carbocycles. The lowest BCUT2D eigenvalue weighted by Gasteiger charge is -2.40. The number of rotatable bonds is 4. The molecule has 7 heteroatoms. The van der Waals surface area contributed by atoms with Gasteiger partial charge in [-0.3, -0.25) is 4.79 Å². The van der Waals surface area contributed by atoms with Crippen LogP contribution in [0.2, 0.25) is 0 Å². The molecule has 1 aliphatic rings. The van der Waals surface area contributed by atoms with Gasteiger partial charge in [-0.25, -0.2) is 0 Å². The maximum absolute atomic E-state index is 12.5. The van der Waals surface area contributed by atoms with Gasteiger partial charge >= 0.3 is 6.18 Å². The minimum Gasteiger partial charge on any atom is -0.467 e. The van der Waals surface area contributed by atoms with Crippen molar-refractivity contribution in [3.05, 3.63) is 24.2 Å². The number of carbonyl (C=O) groups excluding carboxylic acids is 1. The monoisotopic (exact) mass is 276 g/mol. The predicted octanol–water partition coefficient (Wildman–Crippen LogP) is 2.05. The van der Waals surface area contributed by atoms with Crippen molar-refractivity contribution in [2.45, 2.75) is 37.5 Å². The van der Waals surface area contributed by atoms with E-state index < -0.39 is 24.2 Å². The van der Waals surface area contributed by atoms with Crippen molar-refractivity contribution in [1.82, 2.24) is 4.90 Å². The highest BCUT2D eigenvalue weighted by Crippen LogP contribution is 2.32. The van der Waals surface area contributed by atoms with Gasteiger partial charge in [0, 0.05) is 0 Å². The van der Waals surface area contributed by atoms with E-state index in [2.05, 4.69) is 0 Å². The smallest absolute Gasteiger partial charge is 0.406 e. The molecular formula is C12H15F3N2O2. The Balaban J connectivity index is 2.11. The van der Waals surface area contributed by atoms with Crippen molar-refractivity contribution in [1.29, 1.82) is 0 Å². The van der Waals surface area contributed by atoms with Gasteiger partial charge in [0.2, 0.25) is 5.91 Å². The SMILES string of the molecule is NC1(C(=O)N(Cc2ccco2)CC(F)(F)F)CCC1. The topological polar surface area (TPSA) is 59.5 Å². The summed E-state index contributed by atoms with van der Waals surface area (Å²) < 4.78 is 42.6. The fourth-order valence-corrected chi connectivity index (χ4v) is 2.09. The van der Waals surface area contributed by atoms with Gasteiger partial charge in [-0.1, -0.05) is 0 Å². The molecule has 0 atom stereocenters. The normalized spacial score (nSPS) is 17.9. The van der Waals surface area contributed by atoms with E-state index in [9.17, 15) is 18.0 Å². The van der Waals surface area contributed by atoms with E-state index >= 15 is 0 Å². The molecule has 0 unspecified atom stereocenters. The number of amides is 1. The minimum absolute atomic E-state index is 0.218. The van der Waals surface area contributed by atoms with Crippen molar-refractivity contribution < 1.29 is 22.4 Å². The molecular weight excluding hydrogens is 261 g/mol. The second kappa shape index (κ2) is 4.88. The molecule has 4 nitrogen and oxygen atoms in total. The molecule has 1 aromatic heterocycles. The van der Waals surface area contributed by atoms with Crippen molar-refractivity contribution in [3.63, 3.8) is 0 Å². The highest BCUT2D eigenvalue weighted by Gasteiger charge is 2.45. The number of halogens is 3. The van der Waals surface area contributed by atoms with Crippen LogP contribution in [0.25, 0.3) is 0 Å².